The standard InChI is InChI=1S/C31H21N/c1-4-10-28-24(5-2)20(3)17-22-18-21-19-23(15-16-25(21)31(22)28)32-29-13-8-6-11-26(29)27-12-7-9-14-30(27)32/h2,6-9,11-17,19H,18H2,1,3H3. The molecule has 4 aromatic carbocycles. The second-order valence-corrected chi connectivity index (χ2v) is 8.38. The number of benzene rings is 4. The van der Waals surface area contributed by atoms with Gasteiger partial charge in [0.1, 0.15) is 0 Å². The first-order chi connectivity index (χ1) is 15.7. The molecule has 6 rings (SSSR count). The molecule has 0 fully saturated rings. The maximum Gasteiger partial charge on any atom is 0.0541 e. The number of para-hydroxylation sites is 2. The summed E-state index contributed by atoms with van der Waals surface area (Å²) >= 11 is 0. The van der Waals surface area contributed by atoms with E-state index in [0.29, 0.717) is 0 Å². The molecule has 0 radical (unpaired) electrons. The molecule has 1 aromatic heterocycles. The predicted octanol–water partition coefficient (Wildman–Crippen LogP) is 7.02. The number of nitrogens with zero attached hydrogens (tertiary/aromatic N) is 1. The van der Waals surface area contributed by atoms with Gasteiger partial charge in [-0.15, -0.1) is 12.3 Å². The fourth-order valence-electron chi connectivity index (χ4n) is 5.29. The van der Waals surface area contributed by atoms with Gasteiger partial charge in [0.05, 0.1) is 11.0 Å². The average Bonchev–Trinajstić information content (AvgIpc) is 3.34. The number of rotatable bonds is 1. The van der Waals surface area contributed by atoms with Gasteiger partial charge in [0.2, 0.25) is 0 Å². The first-order valence-electron chi connectivity index (χ1n) is 10.9. The third kappa shape index (κ3) is 2.49. The van der Waals surface area contributed by atoms with Crippen LogP contribution in [0.5, 0.6) is 0 Å². The van der Waals surface area contributed by atoms with Gasteiger partial charge in [0.25, 0.3) is 0 Å². The van der Waals surface area contributed by atoms with E-state index in [1.165, 1.54) is 49.7 Å². The molecule has 0 aliphatic heterocycles. The van der Waals surface area contributed by atoms with Gasteiger partial charge in [-0.3, -0.25) is 0 Å². The van der Waals surface area contributed by atoms with Crippen LogP contribution < -0.4 is 0 Å². The highest BCUT2D eigenvalue weighted by molar-refractivity contribution is 6.09. The summed E-state index contributed by atoms with van der Waals surface area (Å²) in [5, 5.41) is 2.56. The van der Waals surface area contributed by atoms with Crippen molar-refractivity contribution >= 4 is 21.8 Å². The molecule has 1 aliphatic rings. The molecule has 32 heavy (non-hydrogen) atoms. The monoisotopic (exact) mass is 407 g/mol. The van der Waals surface area contributed by atoms with Crippen LogP contribution in [0.15, 0.2) is 72.8 Å². The highest BCUT2D eigenvalue weighted by atomic mass is 15.0. The number of hydrogen-bond donors (Lipinski definition) is 0. The van der Waals surface area contributed by atoms with Crippen molar-refractivity contribution in [2.24, 2.45) is 0 Å². The molecule has 1 nitrogen and oxygen atoms in total. The lowest BCUT2D eigenvalue weighted by Gasteiger charge is -2.12. The summed E-state index contributed by atoms with van der Waals surface area (Å²) in [5.74, 6) is 9.25. The summed E-state index contributed by atoms with van der Waals surface area (Å²) in [5.41, 5.74) is 11.8. The lowest BCUT2D eigenvalue weighted by atomic mass is 9.92. The molecule has 0 unspecified atom stereocenters. The van der Waals surface area contributed by atoms with Crippen LogP contribution in [0.3, 0.4) is 0 Å². The van der Waals surface area contributed by atoms with Gasteiger partial charge in [-0.1, -0.05) is 60.4 Å². The van der Waals surface area contributed by atoms with Crippen LogP contribution in [0.1, 0.15) is 34.7 Å². The number of hydrogen-bond acceptors (Lipinski definition) is 0. The highest BCUT2D eigenvalue weighted by Crippen LogP contribution is 2.42. The number of aryl methyl sites for hydroxylation is 1. The van der Waals surface area contributed by atoms with Gasteiger partial charge < -0.3 is 4.57 Å². The highest BCUT2D eigenvalue weighted by Gasteiger charge is 2.25. The van der Waals surface area contributed by atoms with Gasteiger partial charge in [-0.2, -0.15) is 0 Å². The minimum absolute atomic E-state index is 0.903. The van der Waals surface area contributed by atoms with E-state index in [9.17, 15) is 0 Å². The SMILES string of the molecule is C#Cc1c(C)cc2c(c1C#CC)-c1ccc(-n3c4ccccc4c4ccccc43)cc1C2. The molecule has 1 heterocycles. The molecule has 0 bridgehead atoms. The van der Waals surface area contributed by atoms with Crippen molar-refractivity contribution in [2.45, 2.75) is 20.3 Å². The largest absolute Gasteiger partial charge is 0.309 e. The summed E-state index contributed by atoms with van der Waals surface area (Å²) in [4.78, 5) is 0. The normalized spacial score (nSPS) is 11.7. The van der Waals surface area contributed by atoms with Crippen LogP contribution in [-0.4, -0.2) is 4.57 Å². The number of fused-ring (bicyclic) bond motifs is 6. The Morgan fingerprint density at radius 3 is 2.16 bits per heavy atom. The molecule has 1 heteroatoms. The molecule has 5 aromatic rings. The van der Waals surface area contributed by atoms with E-state index in [0.717, 1.165) is 23.1 Å². The van der Waals surface area contributed by atoms with Crippen LogP contribution in [0, 0.1) is 31.1 Å². The summed E-state index contributed by atoms with van der Waals surface area (Å²) in [6.07, 6.45) is 6.77. The first-order valence-corrected chi connectivity index (χ1v) is 10.9. The van der Waals surface area contributed by atoms with E-state index in [4.69, 9.17) is 6.42 Å². The average molecular weight is 408 g/mol. The quantitative estimate of drug-likeness (QED) is 0.258. The van der Waals surface area contributed by atoms with Crippen LogP contribution in [0.25, 0.3) is 38.6 Å². The zero-order valence-electron chi connectivity index (χ0n) is 18.2. The maximum atomic E-state index is 5.87. The zero-order valence-corrected chi connectivity index (χ0v) is 18.2. The molecule has 0 saturated carbocycles. The summed E-state index contributed by atoms with van der Waals surface area (Å²) in [6.45, 7) is 3.96. The summed E-state index contributed by atoms with van der Waals surface area (Å²) < 4.78 is 2.37. The van der Waals surface area contributed by atoms with E-state index in [-0.39, 0.29) is 0 Å². The topological polar surface area (TPSA) is 4.93 Å². The number of aromatic nitrogens is 1. The molecule has 1 aliphatic carbocycles. The molecule has 0 saturated heterocycles. The van der Waals surface area contributed by atoms with Crippen LogP contribution >= 0.6 is 0 Å². The second kappa shape index (κ2) is 6.91. The van der Waals surface area contributed by atoms with E-state index < -0.39 is 0 Å². The molecule has 0 amide bonds. The molecule has 150 valence electrons. The molecule has 0 N–H and O–H groups in total. The van der Waals surface area contributed by atoms with Crippen molar-refractivity contribution in [1.29, 1.82) is 0 Å². The number of terminal acetylenes is 1. The minimum Gasteiger partial charge on any atom is -0.309 e. The molecule has 0 spiro atoms. The van der Waals surface area contributed by atoms with Gasteiger partial charge in [-0.05, 0) is 66.8 Å². The van der Waals surface area contributed by atoms with Crippen molar-refractivity contribution in [3.05, 3.63) is 101 Å². The lowest BCUT2D eigenvalue weighted by molar-refractivity contribution is 1.16. The van der Waals surface area contributed by atoms with E-state index in [1.54, 1.807) is 0 Å². The lowest BCUT2D eigenvalue weighted by Crippen LogP contribution is -1.96. The fraction of sp³-hybridized carbons (Fsp3) is 0.0968. The summed E-state index contributed by atoms with van der Waals surface area (Å²) in [6, 6.07) is 26.3. The Morgan fingerprint density at radius 1 is 0.812 bits per heavy atom. The first kappa shape index (κ1) is 18.6. The zero-order chi connectivity index (χ0) is 21.8. The van der Waals surface area contributed by atoms with E-state index >= 15 is 0 Å². The Bertz CT molecular complexity index is 1620. The van der Waals surface area contributed by atoms with Crippen molar-refractivity contribution in [3.8, 4) is 41.0 Å². The van der Waals surface area contributed by atoms with Gasteiger partial charge in [0.15, 0.2) is 0 Å². The third-order valence-corrected chi connectivity index (χ3v) is 6.58. The predicted molar refractivity (Wildman–Crippen MR) is 134 cm³/mol. The Hall–Kier alpha value is -4.20. The molecular weight excluding hydrogens is 386 g/mol. The van der Waals surface area contributed by atoms with Crippen LogP contribution in [0.2, 0.25) is 0 Å². The van der Waals surface area contributed by atoms with Crippen LogP contribution in [0.4, 0.5) is 0 Å². The van der Waals surface area contributed by atoms with Gasteiger partial charge in [0, 0.05) is 33.2 Å². The van der Waals surface area contributed by atoms with Gasteiger partial charge in [-0.25, -0.2) is 0 Å². The fourth-order valence-corrected chi connectivity index (χ4v) is 5.29. The second-order valence-electron chi connectivity index (χ2n) is 8.38. The van der Waals surface area contributed by atoms with Crippen molar-refractivity contribution in [1.82, 2.24) is 4.57 Å². The Labute approximate surface area is 188 Å². The van der Waals surface area contributed by atoms with Crippen molar-refractivity contribution in [3.63, 3.8) is 0 Å². The van der Waals surface area contributed by atoms with Crippen LogP contribution in [-0.2, 0) is 6.42 Å². The van der Waals surface area contributed by atoms with E-state index in [2.05, 4.69) is 102 Å². The Kier molecular flexibility index (Phi) is 4.01. The molecule has 0 atom stereocenters. The van der Waals surface area contributed by atoms with Crippen molar-refractivity contribution in [2.75, 3.05) is 0 Å². The van der Waals surface area contributed by atoms with E-state index in [1.807, 2.05) is 6.92 Å². The van der Waals surface area contributed by atoms with Gasteiger partial charge >= 0.3 is 0 Å². The minimum atomic E-state index is 0.903. The van der Waals surface area contributed by atoms with Crippen molar-refractivity contribution < 1.29 is 0 Å². The third-order valence-electron chi connectivity index (χ3n) is 6.58. The smallest absolute Gasteiger partial charge is 0.0541 e. The Balaban J connectivity index is 1.61. The summed E-state index contributed by atoms with van der Waals surface area (Å²) in [7, 11) is 0. The molecular formula is C31H21N. The maximum absolute atomic E-state index is 5.87. The Morgan fingerprint density at radius 2 is 1.50 bits per heavy atom.